The minimum atomic E-state index is -0.263. The van der Waals surface area contributed by atoms with Gasteiger partial charge < -0.3 is 19.3 Å². The van der Waals surface area contributed by atoms with Gasteiger partial charge in [-0.1, -0.05) is 61.0 Å². The molecular weight excluding hydrogens is 484 g/mol. The Morgan fingerprint density at radius 3 is 2.23 bits per heavy atom. The van der Waals surface area contributed by atoms with Crippen LogP contribution in [-0.4, -0.2) is 62.4 Å². The third kappa shape index (κ3) is 7.09. The highest BCUT2D eigenvalue weighted by atomic mass is 16.5. The van der Waals surface area contributed by atoms with Crippen LogP contribution in [0.2, 0.25) is 0 Å². The zero-order valence-corrected chi connectivity index (χ0v) is 23.3. The summed E-state index contributed by atoms with van der Waals surface area (Å²) in [5.74, 6) is -0.263. The van der Waals surface area contributed by atoms with Crippen LogP contribution >= 0.6 is 0 Å². The Kier molecular flexibility index (Phi) is 9.33. The number of nitrogens with zero attached hydrogens (tertiary/aromatic N) is 2. The topological polar surface area (TPSA) is 42.0 Å². The molecule has 0 saturated carbocycles. The Morgan fingerprint density at radius 2 is 1.51 bits per heavy atom. The van der Waals surface area contributed by atoms with Gasteiger partial charge in [-0.2, -0.15) is 0 Å². The zero-order valence-electron chi connectivity index (χ0n) is 23.3. The molecule has 0 aliphatic carbocycles. The van der Waals surface area contributed by atoms with Crippen LogP contribution < -0.4 is 4.90 Å². The fourth-order valence-corrected chi connectivity index (χ4v) is 6.06. The number of anilines is 1. The van der Waals surface area contributed by atoms with E-state index in [-0.39, 0.29) is 11.6 Å². The Morgan fingerprint density at radius 1 is 0.821 bits per heavy atom. The molecule has 3 aromatic carbocycles. The maximum atomic E-state index is 12.1. The minimum Gasteiger partial charge on any atom is -0.462 e. The van der Waals surface area contributed by atoms with Crippen molar-refractivity contribution in [3.8, 4) is 11.1 Å². The maximum absolute atomic E-state index is 12.1. The third-order valence-electron chi connectivity index (χ3n) is 8.30. The molecule has 5 nitrogen and oxygen atoms in total. The summed E-state index contributed by atoms with van der Waals surface area (Å²) in [7, 11) is 0. The quantitative estimate of drug-likeness (QED) is 0.278. The van der Waals surface area contributed by atoms with E-state index < -0.39 is 0 Å². The first-order valence-corrected chi connectivity index (χ1v) is 14.7. The van der Waals surface area contributed by atoms with E-state index in [0.29, 0.717) is 12.2 Å². The average Bonchev–Trinajstić information content (AvgIpc) is 2.99. The van der Waals surface area contributed by atoms with Crippen LogP contribution in [0.4, 0.5) is 5.69 Å². The molecule has 0 amide bonds. The number of carbonyl (C=O) groups is 1. The van der Waals surface area contributed by atoms with Crippen LogP contribution in [-0.2, 0) is 15.9 Å². The van der Waals surface area contributed by atoms with Gasteiger partial charge in [-0.05, 0) is 86.7 Å². The summed E-state index contributed by atoms with van der Waals surface area (Å²) < 4.78 is 12.0. The lowest BCUT2D eigenvalue weighted by Crippen LogP contribution is -2.48. The molecule has 206 valence electrons. The molecule has 0 radical (unpaired) electrons. The summed E-state index contributed by atoms with van der Waals surface area (Å²) in [6.45, 7) is 8.26. The van der Waals surface area contributed by atoms with Crippen molar-refractivity contribution in [2.24, 2.45) is 0 Å². The number of benzene rings is 3. The molecule has 2 aliphatic rings. The first-order valence-electron chi connectivity index (χ1n) is 14.7. The lowest BCUT2D eigenvalue weighted by Gasteiger charge is -2.43. The van der Waals surface area contributed by atoms with Crippen molar-refractivity contribution in [3.63, 3.8) is 0 Å². The first-order chi connectivity index (χ1) is 19.2. The maximum Gasteiger partial charge on any atom is 0.338 e. The second-order valence-corrected chi connectivity index (χ2v) is 10.9. The monoisotopic (exact) mass is 526 g/mol. The summed E-state index contributed by atoms with van der Waals surface area (Å²) in [5, 5.41) is 0. The van der Waals surface area contributed by atoms with Crippen LogP contribution in [0.3, 0.4) is 0 Å². The number of ether oxygens (including phenoxy) is 2. The van der Waals surface area contributed by atoms with Gasteiger partial charge in [-0.25, -0.2) is 4.79 Å². The summed E-state index contributed by atoms with van der Waals surface area (Å²) in [5.41, 5.74) is 5.47. The number of hydrogen-bond acceptors (Lipinski definition) is 5. The van der Waals surface area contributed by atoms with E-state index in [1.807, 2.05) is 31.2 Å². The highest BCUT2D eigenvalue weighted by Gasteiger charge is 2.36. The molecule has 2 fully saturated rings. The van der Waals surface area contributed by atoms with Gasteiger partial charge in [0, 0.05) is 31.7 Å². The molecule has 2 heterocycles. The molecule has 39 heavy (non-hydrogen) atoms. The summed E-state index contributed by atoms with van der Waals surface area (Å²) in [6.07, 6.45) is 6.81. The van der Waals surface area contributed by atoms with Crippen LogP contribution in [0.15, 0.2) is 78.9 Å². The lowest BCUT2D eigenvalue weighted by atomic mass is 9.82. The number of piperidine rings is 2. The summed E-state index contributed by atoms with van der Waals surface area (Å²) in [4.78, 5) is 17.1. The number of hydrogen-bond donors (Lipinski definition) is 0. The molecule has 0 spiro atoms. The van der Waals surface area contributed by atoms with Crippen LogP contribution in [0.25, 0.3) is 11.1 Å². The smallest absolute Gasteiger partial charge is 0.338 e. The van der Waals surface area contributed by atoms with Gasteiger partial charge in [0.2, 0.25) is 0 Å². The molecule has 3 aromatic rings. The third-order valence-corrected chi connectivity index (χ3v) is 8.30. The summed E-state index contributed by atoms with van der Waals surface area (Å²) in [6, 6.07) is 27.4. The highest BCUT2D eigenvalue weighted by molar-refractivity contribution is 5.89. The molecule has 5 rings (SSSR count). The largest absolute Gasteiger partial charge is 0.462 e. The van der Waals surface area contributed by atoms with Gasteiger partial charge >= 0.3 is 5.97 Å². The molecule has 2 saturated heterocycles. The minimum absolute atomic E-state index is 0.192. The fraction of sp³-hybridized carbons (Fsp3) is 0.441. The van der Waals surface area contributed by atoms with Gasteiger partial charge in [-0.15, -0.1) is 0 Å². The van der Waals surface area contributed by atoms with E-state index in [4.69, 9.17) is 9.47 Å². The van der Waals surface area contributed by atoms with E-state index >= 15 is 0 Å². The Bertz CT molecular complexity index is 1180. The zero-order chi connectivity index (χ0) is 26.9. The molecule has 0 N–H and O–H groups in total. The van der Waals surface area contributed by atoms with Crippen molar-refractivity contribution in [1.29, 1.82) is 0 Å². The second-order valence-electron chi connectivity index (χ2n) is 10.9. The normalized spacial score (nSPS) is 17.6. The first kappa shape index (κ1) is 27.4. The Balaban J connectivity index is 1.31. The van der Waals surface area contributed by atoms with Crippen molar-refractivity contribution >= 4 is 11.7 Å². The lowest BCUT2D eigenvalue weighted by molar-refractivity contribution is -0.0683. The van der Waals surface area contributed by atoms with E-state index in [0.717, 1.165) is 51.2 Å². The molecule has 5 heteroatoms. The second kappa shape index (κ2) is 13.3. The van der Waals surface area contributed by atoms with E-state index in [2.05, 4.69) is 64.4 Å². The van der Waals surface area contributed by atoms with Gasteiger partial charge in [0.05, 0.1) is 24.4 Å². The van der Waals surface area contributed by atoms with Gasteiger partial charge in [0.25, 0.3) is 0 Å². The van der Waals surface area contributed by atoms with Crippen LogP contribution in [0.5, 0.6) is 0 Å². The van der Waals surface area contributed by atoms with Crippen LogP contribution in [0, 0.1) is 0 Å². The van der Waals surface area contributed by atoms with Crippen molar-refractivity contribution < 1.29 is 14.3 Å². The van der Waals surface area contributed by atoms with E-state index in [1.54, 1.807) is 0 Å². The fourth-order valence-electron chi connectivity index (χ4n) is 6.06. The molecular formula is C34H42N2O3. The van der Waals surface area contributed by atoms with E-state index in [9.17, 15) is 4.79 Å². The van der Waals surface area contributed by atoms with Crippen molar-refractivity contribution in [3.05, 3.63) is 90.0 Å². The van der Waals surface area contributed by atoms with Crippen molar-refractivity contribution in [1.82, 2.24) is 4.90 Å². The molecule has 0 aromatic heterocycles. The predicted molar refractivity (Wildman–Crippen MR) is 158 cm³/mol. The average molecular weight is 527 g/mol. The Labute approximate surface area is 233 Å². The van der Waals surface area contributed by atoms with Crippen molar-refractivity contribution in [2.75, 3.05) is 50.8 Å². The standard InChI is InChI=1S/C34H42N2O3/c1-2-38-33(37)29-15-17-31(18-16-29)36-23-19-34(20-24-36,39-26-25-35-21-9-4-10-22-35)27-30-13-7-8-14-32(30)28-11-5-3-6-12-28/h3,5-8,11-18H,2,4,9-10,19-27H2,1H3. The number of rotatable bonds is 10. The number of esters is 1. The van der Waals surface area contributed by atoms with E-state index in [1.165, 1.54) is 49.0 Å². The summed E-state index contributed by atoms with van der Waals surface area (Å²) >= 11 is 0. The molecule has 0 unspecified atom stereocenters. The molecule has 2 aliphatic heterocycles. The highest BCUT2D eigenvalue weighted by Crippen LogP contribution is 2.35. The number of likely N-dealkylation sites (tertiary alicyclic amines) is 1. The van der Waals surface area contributed by atoms with Crippen LogP contribution in [0.1, 0.15) is 54.9 Å². The molecule has 0 bridgehead atoms. The van der Waals surface area contributed by atoms with Gasteiger partial charge in [-0.3, -0.25) is 0 Å². The van der Waals surface area contributed by atoms with Crippen molar-refractivity contribution in [2.45, 2.75) is 51.0 Å². The predicted octanol–water partition coefficient (Wildman–Crippen LogP) is 6.61. The molecule has 0 atom stereocenters. The number of carbonyl (C=O) groups excluding carboxylic acids is 1. The Hall–Kier alpha value is -3.15. The van der Waals surface area contributed by atoms with Gasteiger partial charge in [0.15, 0.2) is 0 Å². The SMILES string of the molecule is CCOC(=O)c1ccc(N2CCC(Cc3ccccc3-c3ccccc3)(OCCN3CCCCC3)CC2)cc1. The van der Waals surface area contributed by atoms with Gasteiger partial charge in [0.1, 0.15) is 0 Å².